The molecule has 0 saturated carbocycles. The van der Waals surface area contributed by atoms with Gasteiger partial charge in [0.2, 0.25) is 0 Å². The second-order valence-corrected chi connectivity index (χ2v) is 6.56. The first-order valence-corrected chi connectivity index (χ1v) is 7.73. The highest BCUT2D eigenvalue weighted by Crippen LogP contribution is 2.12. The minimum absolute atomic E-state index is 0.167. The number of ketones is 1. The van der Waals surface area contributed by atoms with Crippen LogP contribution < -0.4 is 0 Å². The number of carbonyl (C=O) groups excluding carboxylic acids is 1. The van der Waals surface area contributed by atoms with Crippen LogP contribution >= 0.6 is 0 Å². The topological polar surface area (TPSA) is 37.4 Å². The standard InChI is InChI=1S/C14H19NO2S/c1-11-3-4-13(12(2)9-11)14(16)10-15-5-7-18(17)8-6-15/h3-4,9H,5-8,10H2,1-2H3. The number of hydrogen-bond acceptors (Lipinski definition) is 3. The van der Waals surface area contributed by atoms with E-state index in [1.165, 1.54) is 5.56 Å². The Balaban J connectivity index is 2.01. The van der Waals surface area contributed by atoms with Crippen LogP contribution in [0.15, 0.2) is 18.2 Å². The van der Waals surface area contributed by atoms with Crippen molar-refractivity contribution in [1.82, 2.24) is 4.90 Å². The first-order valence-electron chi connectivity index (χ1n) is 6.24. The third-order valence-corrected chi connectivity index (χ3v) is 4.60. The molecule has 1 aromatic rings. The van der Waals surface area contributed by atoms with Crippen LogP contribution in [-0.2, 0) is 10.8 Å². The number of benzene rings is 1. The Morgan fingerprint density at radius 3 is 2.56 bits per heavy atom. The van der Waals surface area contributed by atoms with Crippen LogP contribution in [0.5, 0.6) is 0 Å². The largest absolute Gasteiger partial charge is 0.294 e. The Kier molecular flexibility index (Phi) is 4.30. The van der Waals surface area contributed by atoms with Crippen LogP contribution in [0.25, 0.3) is 0 Å². The van der Waals surface area contributed by atoms with Crippen LogP contribution in [0.1, 0.15) is 21.5 Å². The fraction of sp³-hybridized carbons (Fsp3) is 0.500. The van der Waals surface area contributed by atoms with Crippen molar-refractivity contribution in [3.8, 4) is 0 Å². The van der Waals surface area contributed by atoms with E-state index in [9.17, 15) is 9.00 Å². The molecule has 1 aliphatic rings. The van der Waals surface area contributed by atoms with Crippen LogP contribution in [0.4, 0.5) is 0 Å². The number of carbonyl (C=O) groups is 1. The summed E-state index contributed by atoms with van der Waals surface area (Å²) in [4.78, 5) is 14.3. The highest BCUT2D eigenvalue weighted by molar-refractivity contribution is 7.85. The van der Waals surface area contributed by atoms with E-state index in [2.05, 4.69) is 4.90 Å². The Morgan fingerprint density at radius 1 is 1.28 bits per heavy atom. The summed E-state index contributed by atoms with van der Waals surface area (Å²) in [5.41, 5.74) is 3.03. The molecule has 0 N–H and O–H groups in total. The molecule has 0 unspecified atom stereocenters. The van der Waals surface area contributed by atoms with Crippen molar-refractivity contribution in [1.29, 1.82) is 0 Å². The molecule has 3 nitrogen and oxygen atoms in total. The van der Waals surface area contributed by atoms with E-state index < -0.39 is 10.8 Å². The van der Waals surface area contributed by atoms with Gasteiger partial charge in [-0.15, -0.1) is 0 Å². The average Bonchev–Trinajstić information content (AvgIpc) is 2.32. The van der Waals surface area contributed by atoms with Gasteiger partial charge < -0.3 is 0 Å². The molecule has 18 heavy (non-hydrogen) atoms. The summed E-state index contributed by atoms with van der Waals surface area (Å²) >= 11 is 0. The third kappa shape index (κ3) is 3.27. The number of nitrogens with zero attached hydrogens (tertiary/aromatic N) is 1. The van der Waals surface area contributed by atoms with Crippen LogP contribution in [0, 0.1) is 13.8 Å². The second kappa shape index (κ2) is 5.76. The summed E-state index contributed by atoms with van der Waals surface area (Å²) in [6.07, 6.45) is 0. The lowest BCUT2D eigenvalue weighted by Crippen LogP contribution is -2.40. The molecule has 0 spiro atoms. The maximum absolute atomic E-state index is 12.2. The SMILES string of the molecule is Cc1ccc(C(=O)CN2CCS(=O)CC2)c(C)c1. The molecule has 1 aromatic carbocycles. The zero-order valence-electron chi connectivity index (χ0n) is 10.9. The predicted molar refractivity (Wildman–Crippen MR) is 74.6 cm³/mol. The van der Waals surface area contributed by atoms with Crippen LogP contribution in [-0.4, -0.2) is 46.0 Å². The Morgan fingerprint density at radius 2 is 1.94 bits per heavy atom. The second-order valence-electron chi connectivity index (χ2n) is 4.87. The molecule has 0 aliphatic carbocycles. The average molecular weight is 265 g/mol. The maximum atomic E-state index is 12.2. The molecule has 4 heteroatoms. The molecule has 0 amide bonds. The van der Waals surface area contributed by atoms with Gasteiger partial charge in [-0.2, -0.15) is 0 Å². The summed E-state index contributed by atoms with van der Waals surface area (Å²) in [6, 6.07) is 5.93. The van der Waals surface area contributed by atoms with Gasteiger partial charge in [-0.3, -0.25) is 13.9 Å². The summed E-state index contributed by atoms with van der Waals surface area (Å²) in [7, 11) is -0.681. The van der Waals surface area contributed by atoms with Gasteiger partial charge in [0.25, 0.3) is 0 Å². The molecule has 0 aromatic heterocycles. The minimum atomic E-state index is -0.681. The Labute approximate surface area is 111 Å². The molecular weight excluding hydrogens is 246 g/mol. The van der Waals surface area contributed by atoms with E-state index in [0.29, 0.717) is 18.1 Å². The van der Waals surface area contributed by atoms with Crippen molar-refractivity contribution in [3.63, 3.8) is 0 Å². The summed E-state index contributed by atoms with van der Waals surface area (Å²) in [6.45, 7) is 5.99. The first-order chi connectivity index (χ1) is 8.56. The van der Waals surface area contributed by atoms with Gasteiger partial charge in [0.1, 0.15) is 0 Å². The lowest BCUT2D eigenvalue weighted by Gasteiger charge is -2.25. The van der Waals surface area contributed by atoms with Crippen LogP contribution in [0.3, 0.4) is 0 Å². The molecular formula is C14H19NO2S. The minimum Gasteiger partial charge on any atom is -0.294 e. The Bertz CT molecular complexity index is 475. The fourth-order valence-electron chi connectivity index (χ4n) is 2.25. The molecule has 1 fully saturated rings. The number of aryl methyl sites for hydroxylation is 2. The van der Waals surface area contributed by atoms with Crippen molar-refractivity contribution in [3.05, 3.63) is 34.9 Å². The number of rotatable bonds is 3. The zero-order chi connectivity index (χ0) is 13.1. The smallest absolute Gasteiger partial charge is 0.177 e. The molecule has 1 saturated heterocycles. The molecule has 98 valence electrons. The van der Waals surface area contributed by atoms with E-state index in [1.54, 1.807) is 0 Å². The number of hydrogen-bond donors (Lipinski definition) is 0. The fourth-order valence-corrected chi connectivity index (χ4v) is 3.38. The van der Waals surface area contributed by atoms with Gasteiger partial charge in [0.15, 0.2) is 5.78 Å². The Hall–Kier alpha value is -1.00. The monoisotopic (exact) mass is 265 g/mol. The van der Waals surface area contributed by atoms with Gasteiger partial charge in [-0.25, -0.2) is 0 Å². The van der Waals surface area contributed by atoms with Crippen molar-refractivity contribution in [2.75, 3.05) is 31.1 Å². The molecule has 0 atom stereocenters. The van der Waals surface area contributed by atoms with E-state index >= 15 is 0 Å². The lowest BCUT2D eigenvalue weighted by molar-refractivity contribution is 0.0936. The van der Waals surface area contributed by atoms with Crippen molar-refractivity contribution in [2.45, 2.75) is 13.8 Å². The molecule has 1 heterocycles. The van der Waals surface area contributed by atoms with E-state index in [1.807, 2.05) is 32.0 Å². The van der Waals surface area contributed by atoms with Gasteiger partial charge in [0, 0.05) is 41.0 Å². The van der Waals surface area contributed by atoms with E-state index in [4.69, 9.17) is 0 Å². The normalized spacial score (nSPS) is 17.9. The highest BCUT2D eigenvalue weighted by atomic mass is 32.2. The summed E-state index contributed by atoms with van der Waals surface area (Å²) in [5, 5.41) is 0. The van der Waals surface area contributed by atoms with Crippen molar-refractivity contribution in [2.24, 2.45) is 0 Å². The molecule has 0 bridgehead atoms. The van der Waals surface area contributed by atoms with Crippen LogP contribution in [0.2, 0.25) is 0 Å². The van der Waals surface area contributed by atoms with E-state index in [0.717, 1.165) is 24.2 Å². The molecule has 1 aliphatic heterocycles. The van der Waals surface area contributed by atoms with Crippen molar-refractivity contribution >= 4 is 16.6 Å². The molecule has 2 rings (SSSR count). The first kappa shape index (κ1) is 13.4. The zero-order valence-corrected chi connectivity index (χ0v) is 11.8. The van der Waals surface area contributed by atoms with Gasteiger partial charge in [-0.05, 0) is 19.4 Å². The summed E-state index contributed by atoms with van der Waals surface area (Å²) in [5.74, 6) is 1.56. The van der Waals surface area contributed by atoms with Gasteiger partial charge in [-0.1, -0.05) is 23.8 Å². The highest BCUT2D eigenvalue weighted by Gasteiger charge is 2.19. The third-order valence-electron chi connectivity index (χ3n) is 3.32. The maximum Gasteiger partial charge on any atom is 0.177 e. The van der Waals surface area contributed by atoms with Gasteiger partial charge in [0.05, 0.1) is 6.54 Å². The van der Waals surface area contributed by atoms with E-state index in [-0.39, 0.29) is 5.78 Å². The number of Topliss-reactive ketones (excluding diaryl/α,β-unsaturated/α-hetero) is 1. The predicted octanol–water partition coefficient (Wildman–Crippen LogP) is 1.55. The van der Waals surface area contributed by atoms with Gasteiger partial charge >= 0.3 is 0 Å². The molecule has 0 radical (unpaired) electrons. The van der Waals surface area contributed by atoms with Crippen molar-refractivity contribution < 1.29 is 9.00 Å². The lowest BCUT2D eigenvalue weighted by atomic mass is 10.0. The quantitative estimate of drug-likeness (QED) is 0.778. The summed E-state index contributed by atoms with van der Waals surface area (Å²) < 4.78 is 11.3.